The number of hydrogen-bond donors (Lipinski definition) is 0. The summed E-state index contributed by atoms with van der Waals surface area (Å²) in [4.78, 5) is 0. The third-order valence-electron chi connectivity index (χ3n) is 0.621. The van der Waals surface area contributed by atoms with Crippen LogP contribution in [-0.2, 0) is 0 Å². The van der Waals surface area contributed by atoms with Crippen LogP contribution in [0.5, 0.6) is 0 Å². The summed E-state index contributed by atoms with van der Waals surface area (Å²) in [6.07, 6.45) is 0. The molecule has 0 aliphatic rings. The van der Waals surface area contributed by atoms with Gasteiger partial charge in [0.1, 0.15) is 0 Å². The average molecular weight is 188 g/mol. The van der Waals surface area contributed by atoms with Gasteiger partial charge in [-0.2, -0.15) is 0 Å². The molecule has 0 N–H and O–H groups in total. The Balaban J connectivity index is 3.17. The summed E-state index contributed by atoms with van der Waals surface area (Å²) in [7, 11) is 11.3. The quantitative estimate of drug-likeness (QED) is 0.554. The van der Waals surface area contributed by atoms with E-state index in [1.807, 2.05) is 12.7 Å². The molecular formula is C3H8Cl2Ge. The Labute approximate surface area is 49.6 Å². The minimum atomic E-state index is -2.10. The van der Waals surface area contributed by atoms with Crippen molar-refractivity contribution in [2.45, 2.75) is 17.9 Å². The summed E-state index contributed by atoms with van der Waals surface area (Å²) in [5.74, 6) is 1.96. The fourth-order valence-electron chi connectivity index (χ4n) is 0. The molecule has 0 atom stereocenters. The summed E-state index contributed by atoms with van der Waals surface area (Å²) in [6.45, 7) is 2.03. The summed E-state index contributed by atoms with van der Waals surface area (Å²) >= 11 is -2.10. The van der Waals surface area contributed by atoms with Gasteiger partial charge in [0.25, 0.3) is 0 Å². The van der Waals surface area contributed by atoms with E-state index >= 15 is 0 Å². The fourth-order valence-corrected chi connectivity index (χ4v) is 0. The predicted octanol–water partition coefficient (Wildman–Crippen LogP) is 2.56. The van der Waals surface area contributed by atoms with Crippen LogP contribution in [0.15, 0.2) is 0 Å². The Morgan fingerprint density at radius 3 is 1.67 bits per heavy atom. The minimum absolute atomic E-state index is 0.989. The summed E-state index contributed by atoms with van der Waals surface area (Å²) in [5.41, 5.74) is 0. The van der Waals surface area contributed by atoms with Gasteiger partial charge >= 0.3 is 49.4 Å². The van der Waals surface area contributed by atoms with Crippen molar-refractivity contribution in [2.75, 3.05) is 0 Å². The molecule has 38 valence electrons. The molecule has 0 heterocycles. The third-order valence-corrected chi connectivity index (χ3v) is 6.00. The molecule has 0 saturated carbocycles. The van der Waals surface area contributed by atoms with Crippen molar-refractivity contribution in [1.82, 2.24) is 0 Å². The van der Waals surface area contributed by atoms with Crippen LogP contribution in [0.1, 0.15) is 6.92 Å². The zero-order valence-electron chi connectivity index (χ0n) is 3.96. The van der Waals surface area contributed by atoms with Gasteiger partial charge in [0.15, 0.2) is 0 Å². The van der Waals surface area contributed by atoms with Crippen molar-refractivity contribution in [2.24, 2.45) is 0 Å². The maximum absolute atomic E-state index is 5.67. The molecule has 0 aliphatic carbocycles. The zero-order chi connectivity index (χ0) is 5.21. The van der Waals surface area contributed by atoms with Crippen molar-refractivity contribution < 1.29 is 0 Å². The molecule has 0 fully saturated rings. The molecule has 0 nitrogen and oxygen atoms in total. The van der Waals surface area contributed by atoms with Gasteiger partial charge in [-0.15, -0.1) is 0 Å². The Morgan fingerprint density at radius 1 is 1.50 bits per heavy atom. The SMILES string of the molecule is C[CH2][Ge]([CH3])([Cl])[Cl]. The second-order valence-electron chi connectivity index (χ2n) is 1.42. The Kier molecular flexibility index (Phi) is 2.89. The van der Waals surface area contributed by atoms with Crippen molar-refractivity contribution >= 4 is 31.4 Å². The van der Waals surface area contributed by atoms with Crippen molar-refractivity contribution in [3.8, 4) is 0 Å². The number of halogens is 2. The van der Waals surface area contributed by atoms with Gasteiger partial charge in [-0.25, -0.2) is 0 Å². The van der Waals surface area contributed by atoms with E-state index in [4.69, 9.17) is 20.0 Å². The topological polar surface area (TPSA) is 0 Å². The first-order valence-electron chi connectivity index (χ1n) is 1.94. The van der Waals surface area contributed by atoms with Crippen LogP contribution in [0.25, 0.3) is 0 Å². The van der Waals surface area contributed by atoms with E-state index in [0.29, 0.717) is 0 Å². The van der Waals surface area contributed by atoms with E-state index in [9.17, 15) is 0 Å². The van der Waals surface area contributed by atoms with Gasteiger partial charge in [-0.3, -0.25) is 0 Å². The van der Waals surface area contributed by atoms with Crippen molar-refractivity contribution in [1.29, 1.82) is 0 Å². The summed E-state index contributed by atoms with van der Waals surface area (Å²) in [5, 5.41) is 0.989. The maximum atomic E-state index is 5.67. The van der Waals surface area contributed by atoms with Gasteiger partial charge < -0.3 is 0 Å². The van der Waals surface area contributed by atoms with Crippen molar-refractivity contribution in [3.05, 3.63) is 0 Å². The van der Waals surface area contributed by atoms with Gasteiger partial charge in [0.05, 0.1) is 0 Å². The van der Waals surface area contributed by atoms with Crippen LogP contribution < -0.4 is 0 Å². The molecule has 0 aromatic rings. The molecule has 0 rings (SSSR count). The second kappa shape index (κ2) is 2.44. The standard InChI is InChI=1S/C3H8Cl2Ge/c1-3-6(2,4)5/h3H2,1-2H3. The Bertz CT molecular complexity index is 38.5. The van der Waals surface area contributed by atoms with Crippen LogP contribution in [0.3, 0.4) is 0 Å². The molecule has 0 saturated heterocycles. The molecule has 0 spiro atoms. The molecule has 0 bridgehead atoms. The molecule has 6 heavy (non-hydrogen) atoms. The van der Waals surface area contributed by atoms with E-state index < -0.39 is 11.4 Å². The van der Waals surface area contributed by atoms with E-state index in [1.54, 1.807) is 0 Å². The van der Waals surface area contributed by atoms with Gasteiger partial charge in [-0.1, -0.05) is 0 Å². The summed E-state index contributed by atoms with van der Waals surface area (Å²) in [6, 6.07) is 0. The normalized spacial score (nSPS) is 12.0. The van der Waals surface area contributed by atoms with Crippen LogP contribution in [0.2, 0.25) is 11.0 Å². The Hall–Kier alpha value is 1.12. The average Bonchev–Trinajstić information content (AvgIpc) is 1.35. The first-order valence-corrected chi connectivity index (χ1v) is 11.0. The van der Waals surface area contributed by atoms with Crippen LogP contribution >= 0.6 is 20.0 Å². The van der Waals surface area contributed by atoms with Crippen LogP contribution in [-0.4, -0.2) is 11.4 Å². The molecule has 0 aromatic heterocycles. The third kappa shape index (κ3) is 5.12. The first kappa shape index (κ1) is 7.12. The van der Waals surface area contributed by atoms with E-state index in [0.717, 1.165) is 5.25 Å². The van der Waals surface area contributed by atoms with Gasteiger partial charge in [0.2, 0.25) is 0 Å². The van der Waals surface area contributed by atoms with E-state index in [1.165, 1.54) is 0 Å². The van der Waals surface area contributed by atoms with E-state index in [-0.39, 0.29) is 0 Å². The van der Waals surface area contributed by atoms with Crippen molar-refractivity contribution in [3.63, 3.8) is 0 Å². The predicted molar refractivity (Wildman–Crippen MR) is 33.8 cm³/mol. The molecule has 0 aliphatic heterocycles. The number of hydrogen-bond acceptors (Lipinski definition) is 0. The molecule has 0 radical (unpaired) electrons. The van der Waals surface area contributed by atoms with Crippen LogP contribution in [0.4, 0.5) is 0 Å². The fraction of sp³-hybridized carbons (Fsp3) is 1.00. The van der Waals surface area contributed by atoms with Crippen LogP contribution in [0, 0.1) is 0 Å². The van der Waals surface area contributed by atoms with Gasteiger partial charge in [-0.05, 0) is 0 Å². The Morgan fingerprint density at radius 2 is 1.67 bits per heavy atom. The molecule has 0 amide bonds. The van der Waals surface area contributed by atoms with E-state index in [2.05, 4.69) is 0 Å². The second-order valence-corrected chi connectivity index (χ2v) is 17.1. The molecule has 0 unspecified atom stereocenters. The monoisotopic (exact) mass is 188 g/mol. The molecule has 0 aromatic carbocycles. The molecule has 3 heteroatoms. The van der Waals surface area contributed by atoms with Gasteiger partial charge in [0, 0.05) is 0 Å². The summed E-state index contributed by atoms with van der Waals surface area (Å²) < 4.78 is 0. The zero-order valence-corrected chi connectivity index (χ0v) is 7.57. The first-order chi connectivity index (χ1) is 2.56. The molecular weight excluding hydrogens is 180 g/mol. The number of rotatable bonds is 1.